The van der Waals surface area contributed by atoms with Gasteiger partial charge >= 0.3 is 17.9 Å². The van der Waals surface area contributed by atoms with Gasteiger partial charge in [0.2, 0.25) is 0 Å². The van der Waals surface area contributed by atoms with Gasteiger partial charge in [-0.25, -0.2) is 0 Å². The minimum atomic E-state index is -0.781. The molecule has 0 radical (unpaired) electrons. The first-order valence-corrected chi connectivity index (χ1v) is 26.3. The van der Waals surface area contributed by atoms with Gasteiger partial charge in [0.25, 0.3) is 0 Å². The van der Waals surface area contributed by atoms with Crippen molar-refractivity contribution in [1.82, 2.24) is 0 Å². The van der Waals surface area contributed by atoms with Crippen LogP contribution in [0.1, 0.15) is 284 Å². The molecule has 0 amide bonds. The number of hydrogen-bond acceptors (Lipinski definition) is 6. The molecule has 0 bridgehead atoms. The van der Waals surface area contributed by atoms with E-state index in [1.807, 2.05) is 0 Å². The number of esters is 3. The second kappa shape index (κ2) is 49.5. The third-order valence-electron chi connectivity index (χ3n) is 11.7. The first-order chi connectivity index (χ1) is 29.5. The van der Waals surface area contributed by atoms with E-state index in [4.69, 9.17) is 14.2 Å². The van der Waals surface area contributed by atoms with Crippen molar-refractivity contribution in [3.05, 3.63) is 24.3 Å². The number of carbonyl (C=O) groups is 3. The van der Waals surface area contributed by atoms with Gasteiger partial charge in [-0.3, -0.25) is 14.4 Å². The summed E-state index contributed by atoms with van der Waals surface area (Å²) in [5.74, 6) is -0.912. The number of hydrogen-bond donors (Lipinski definition) is 0. The van der Waals surface area contributed by atoms with Gasteiger partial charge in [-0.05, 0) is 64.2 Å². The van der Waals surface area contributed by atoms with Crippen LogP contribution in [0.15, 0.2) is 24.3 Å². The Labute approximate surface area is 373 Å². The van der Waals surface area contributed by atoms with Crippen molar-refractivity contribution < 1.29 is 28.6 Å². The summed E-state index contributed by atoms with van der Waals surface area (Å²) in [7, 11) is 0. The van der Waals surface area contributed by atoms with Crippen LogP contribution in [0.25, 0.3) is 0 Å². The van der Waals surface area contributed by atoms with Crippen molar-refractivity contribution in [3.63, 3.8) is 0 Å². The summed E-state index contributed by atoms with van der Waals surface area (Å²) in [4.78, 5) is 37.9. The van der Waals surface area contributed by atoms with Gasteiger partial charge in [-0.2, -0.15) is 0 Å². The Morgan fingerprint density at radius 3 is 0.917 bits per heavy atom. The molecule has 0 fully saturated rings. The van der Waals surface area contributed by atoms with E-state index in [0.717, 1.165) is 64.2 Å². The maximum absolute atomic E-state index is 12.8. The second-order valence-corrected chi connectivity index (χ2v) is 17.8. The van der Waals surface area contributed by atoms with Crippen LogP contribution in [-0.2, 0) is 28.6 Å². The summed E-state index contributed by atoms with van der Waals surface area (Å²) in [5.41, 5.74) is 0. The summed E-state index contributed by atoms with van der Waals surface area (Å²) in [5, 5.41) is 0. The average molecular weight is 845 g/mol. The number of carbonyl (C=O) groups excluding carboxylic acids is 3. The molecule has 0 aromatic carbocycles. The Kier molecular flexibility index (Phi) is 47.8. The lowest BCUT2D eigenvalue weighted by molar-refractivity contribution is -0.167. The zero-order chi connectivity index (χ0) is 43.7. The molecule has 0 aliphatic heterocycles. The third kappa shape index (κ3) is 46.9. The van der Waals surface area contributed by atoms with Gasteiger partial charge in [-0.1, -0.05) is 225 Å². The van der Waals surface area contributed by atoms with E-state index in [1.165, 1.54) is 180 Å². The molecule has 0 spiro atoms. The highest BCUT2D eigenvalue weighted by Gasteiger charge is 2.19. The zero-order valence-electron chi connectivity index (χ0n) is 40.2. The van der Waals surface area contributed by atoms with E-state index in [-0.39, 0.29) is 31.1 Å². The van der Waals surface area contributed by atoms with Crippen LogP contribution in [0, 0.1) is 0 Å². The quantitative estimate of drug-likeness (QED) is 0.0263. The fourth-order valence-corrected chi connectivity index (χ4v) is 7.68. The summed E-state index contributed by atoms with van der Waals surface area (Å²) in [6, 6.07) is 0. The van der Waals surface area contributed by atoms with Crippen LogP contribution >= 0.6 is 0 Å². The van der Waals surface area contributed by atoms with Crippen molar-refractivity contribution >= 4 is 17.9 Å². The maximum atomic E-state index is 12.8. The highest BCUT2D eigenvalue weighted by Crippen LogP contribution is 2.16. The molecular formula is C54H100O6. The summed E-state index contributed by atoms with van der Waals surface area (Å²) < 4.78 is 16.7. The van der Waals surface area contributed by atoms with Crippen molar-refractivity contribution in [2.75, 3.05) is 13.2 Å². The topological polar surface area (TPSA) is 78.9 Å². The van der Waals surface area contributed by atoms with Crippen LogP contribution < -0.4 is 0 Å². The standard InChI is InChI=1S/C54H100O6/c1-4-7-10-13-16-19-21-23-25-27-29-30-32-35-38-41-44-47-53(56)59-50-51(49-58-52(55)46-43-40-37-34-18-15-12-9-6-3)60-54(57)48-45-42-39-36-33-31-28-26-24-22-20-17-14-11-8-5-2/h26,28,34,37,51H,4-25,27,29-33,35-36,38-50H2,1-3H3/b28-26-,37-34-. The number of unbranched alkanes of at least 4 members (excludes halogenated alkanes) is 33. The monoisotopic (exact) mass is 845 g/mol. The van der Waals surface area contributed by atoms with Crippen LogP contribution in [0.2, 0.25) is 0 Å². The molecule has 0 heterocycles. The van der Waals surface area contributed by atoms with Crippen molar-refractivity contribution in [2.24, 2.45) is 0 Å². The van der Waals surface area contributed by atoms with E-state index in [1.54, 1.807) is 0 Å². The molecule has 0 aliphatic carbocycles. The molecular weight excluding hydrogens is 745 g/mol. The van der Waals surface area contributed by atoms with E-state index in [9.17, 15) is 14.4 Å². The van der Waals surface area contributed by atoms with Crippen LogP contribution in [0.4, 0.5) is 0 Å². The van der Waals surface area contributed by atoms with E-state index < -0.39 is 6.10 Å². The van der Waals surface area contributed by atoms with E-state index in [0.29, 0.717) is 19.3 Å². The molecule has 1 atom stereocenters. The van der Waals surface area contributed by atoms with Gasteiger partial charge in [0.15, 0.2) is 6.10 Å². The highest BCUT2D eigenvalue weighted by molar-refractivity contribution is 5.71. The molecule has 0 aliphatic rings. The SMILES string of the molecule is CCCCCC/C=C\CCCC(=O)OCC(COC(=O)CCCCCCCCCCCCCCCCCCC)OC(=O)CCCCCCC/C=C\CCCCCCCCC. The van der Waals surface area contributed by atoms with E-state index >= 15 is 0 Å². The number of allylic oxidation sites excluding steroid dienone is 4. The average Bonchev–Trinajstić information content (AvgIpc) is 3.24. The molecule has 6 heteroatoms. The van der Waals surface area contributed by atoms with Crippen LogP contribution in [0.5, 0.6) is 0 Å². The summed E-state index contributed by atoms with van der Waals surface area (Å²) >= 11 is 0. The molecule has 0 rings (SSSR count). The minimum absolute atomic E-state index is 0.0793. The molecule has 0 N–H and O–H groups in total. The lowest BCUT2D eigenvalue weighted by Crippen LogP contribution is -2.30. The van der Waals surface area contributed by atoms with Gasteiger partial charge in [-0.15, -0.1) is 0 Å². The lowest BCUT2D eigenvalue weighted by atomic mass is 10.0. The molecule has 0 saturated carbocycles. The number of ether oxygens (including phenoxy) is 3. The molecule has 0 aromatic rings. The fourth-order valence-electron chi connectivity index (χ4n) is 7.68. The predicted molar refractivity (Wildman–Crippen MR) is 256 cm³/mol. The molecule has 0 aromatic heterocycles. The van der Waals surface area contributed by atoms with Gasteiger partial charge < -0.3 is 14.2 Å². The van der Waals surface area contributed by atoms with Crippen molar-refractivity contribution in [3.8, 4) is 0 Å². The fraction of sp³-hybridized carbons (Fsp3) is 0.870. The summed E-state index contributed by atoms with van der Waals surface area (Å²) in [6.45, 7) is 6.60. The molecule has 0 saturated heterocycles. The third-order valence-corrected chi connectivity index (χ3v) is 11.7. The maximum Gasteiger partial charge on any atom is 0.306 e. The van der Waals surface area contributed by atoms with Crippen LogP contribution in [0.3, 0.4) is 0 Å². The van der Waals surface area contributed by atoms with Gasteiger partial charge in [0.05, 0.1) is 0 Å². The first-order valence-electron chi connectivity index (χ1n) is 26.3. The second-order valence-electron chi connectivity index (χ2n) is 17.8. The Bertz CT molecular complexity index is 973. The first kappa shape index (κ1) is 57.9. The van der Waals surface area contributed by atoms with Crippen molar-refractivity contribution in [1.29, 1.82) is 0 Å². The van der Waals surface area contributed by atoms with E-state index in [2.05, 4.69) is 45.1 Å². The van der Waals surface area contributed by atoms with Gasteiger partial charge in [0, 0.05) is 19.3 Å². The zero-order valence-corrected chi connectivity index (χ0v) is 40.2. The lowest BCUT2D eigenvalue weighted by Gasteiger charge is -2.18. The molecule has 6 nitrogen and oxygen atoms in total. The number of rotatable bonds is 48. The smallest absolute Gasteiger partial charge is 0.306 e. The molecule has 60 heavy (non-hydrogen) atoms. The Balaban J connectivity index is 4.30. The Hall–Kier alpha value is -2.11. The predicted octanol–water partition coefficient (Wildman–Crippen LogP) is 17.2. The van der Waals surface area contributed by atoms with Crippen molar-refractivity contribution in [2.45, 2.75) is 290 Å². The largest absolute Gasteiger partial charge is 0.462 e. The summed E-state index contributed by atoms with van der Waals surface area (Å²) in [6.07, 6.45) is 56.0. The minimum Gasteiger partial charge on any atom is -0.462 e. The molecule has 1 unspecified atom stereocenters. The van der Waals surface area contributed by atoms with Crippen LogP contribution in [-0.4, -0.2) is 37.2 Å². The Morgan fingerprint density at radius 2 is 0.567 bits per heavy atom. The normalized spacial score (nSPS) is 12.1. The molecule has 352 valence electrons. The van der Waals surface area contributed by atoms with Gasteiger partial charge in [0.1, 0.15) is 13.2 Å². The Morgan fingerprint density at radius 1 is 0.317 bits per heavy atom. The highest BCUT2D eigenvalue weighted by atomic mass is 16.6.